The molecular formula is C27H22BrFN4O3S. The number of nitrogens with one attached hydrogen (secondary N) is 2. The van der Waals surface area contributed by atoms with Crippen molar-refractivity contribution >= 4 is 50.5 Å². The molecule has 1 aliphatic heterocycles. The number of amides is 1. The fraction of sp³-hybridized carbons (Fsp3) is 0.148. The first kappa shape index (κ1) is 25.1. The maximum atomic E-state index is 13.6. The molecule has 7 nitrogen and oxygen atoms in total. The number of carbonyl (C=O) groups excluding carboxylic acids is 1. The van der Waals surface area contributed by atoms with Crippen molar-refractivity contribution in [3.63, 3.8) is 0 Å². The van der Waals surface area contributed by atoms with Gasteiger partial charge in [0.05, 0.1) is 11.7 Å². The van der Waals surface area contributed by atoms with Gasteiger partial charge < -0.3 is 24.7 Å². The molecule has 1 saturated heterocycles. The van der Waals surface area contributed by atoms with Crippen LogP contribution in [0.4, 0.5) is 15.8 Å². The van der Waals surface area contributed by atoms with Crippen LogP contribution in [0.5, 0.6) is 0 Å². The first-order valence-electron chi connectivity index (χ1n) is 11.4. The van der Waals surface area contributed by atoms with Crippen LogP contribution in [0.2, 0.25) is 0 Å². The van der Waals surface area contributed by atoms with E-state index in [0.29, 0.717) is 26.8 Å². The van der Waals surface area contributed by atoms with Crippen LogP contribution in [0.3, 0.4) is 0 Å². The van der Waals surface area contributed by atoms with E-state index in [-0.39, 0.29) is 30.4 Å². The van der Waals surface area contributed by atoms with E-state index in [1.807, 2.05) is 47.4 Å². The molecule has 4 aromatic rings. The predicted molar refractivity (Wildman–Crippen MR) is 147 cm³/mol. The van der Waals surface area contributed by atoms with E-state index in [0.717, 1.165) is 16.9 Å². The molecule has 2 aromatic carbocycles. The molecule has 1 aliphatic rings. The number of carbonyl (C=O) groups is 1. The van der Waals surface area contributed by atoms with Gasteiger partial charge in [-0.1, -0.05) is 6.07 Å². The molecule has 3 heterocycles. The van der Waals surface area contributed by atoms with Crippen LogP contribution in [-0.4, -0.2) is 29.7 Å². The van der Waals surface area contributed by atoms with Gasteiger partial charge in [-0.3, -0.25) is 9.78 Å². The summed E-state index contributed by atoms with van der Waals surface area (Å²) in [6.07, 6.45) is 1.74. The van der Waals surface area contributed by atoms with Crippen molar-refractivity contribution < 1.29 is 18.3 Å². The monoisotopic (exact) mass is 580 g/mol. The van der Waals surface area contributed by atoms with Crippen molar-refractivity contribution in [1.29, 1.82) is 0 Å². The highest BCUT2D eigenvalue weighted by molar-refractivity contribution is 9.10. The van der Waals surface area contributed by atoms with Crippen molar-refractivity contribution in [2.24, 2.45) is 0 Å². The second kappa shape index (κ2) is 10.8. The molecule has 0 radical (unpaired) electrons. The van der Waals surface area contributed by atoms with Gasteiger partial charge >= 0.3 is 0 Å². The minimum atomic E-state index is -0.357. The number of nitrogens with zero attached hydrogens (tertiary/aromatic N) is 2. The fourth-order valence-corrected chi connectivity index (χ4v) is 5.19. The zero-order chi connectivity index (χ0) is 25.9. The zero-order valence-electron chi connectivity index (χ0n) is 19.7. The van der Waals surface area contributed by atoms with Crippen LogP contribution in [0.15, 0.2) is 87.9 Å². The lowest BCUT2D eigenvalue weighted by atomic mass is 10.0. The van der Waals surface area contributed by atoms with Crippen molar-refractivity contribution in [2.75, 3.05) is 23.9 Å². The van der Waals surface area contributed by atoms with Gasteiger partial charge in [0.25, 0.3) is 0 Å². The van der Waals surface area contributed by atoms with Crippen molar-refractivity contribution in [1.82, 2.24) is 10.3 Å². The highest BCUT2D eigenvalue weighted by Crippen LogP contribution is 2.43. The van der Waals surface area contributed by atoms with Crippen LogP contribution in [-0.2, 0) is 9.53 Å². The maximum absolute atomic E-state index is 13.6. The number of ether oxygens (including phenoxy) is 1. The van der Waals surface area contributed by atoms with E-state index in [1.165, 1.54) is 19.2 Å². The third kappa shape index (κ3) is 5.27. The second-order valence-electron chi connectivity index (χ2n) is 8.35. The minimum Gasteiger partial charge on any atom is -0.459 e. The molecule has 0 spiro atoms. The average molecular weight is 581 g/mol. The van der Waals surface area contributed by atoms with Crippen LogP contribution >= 0.6 is 28.1 Å². The number of pyridine rings is 1. The molecule has 1 fully saturated rings. The van der Waals surface area contributed by atoms with Gasteiger partial charge in [-0.2, -0.15) is 0 Å². The summed E-state index contributed by atoms with van der Waals surface area (Å²) in [6, 6.07) is 20.7. The van der Waals surface area contributed by atoms with Crippen molar-refractivity contribution in [2.45, 2.75) is 12.1 Å². The van der Waals surface area contributed by atoms with Gasteiger partial charge in [0, 0.05) is 34.7 Å². The molecule has 0 unspecified atom stereocenters. The van der Waals surface area contributed by atoms with Gasteiger partial charge in [0.2, 0.25) is 5.91 Å². The number of rotatable bonds is 7. The number of thiocarbonyl (C=S) groups is 1. The lowest BCUT2D eigenvalue weighted by Crippen LogP contribution is -2.29. The lowest BCUT2D eigenvalue weighted by Gasteiger charge is -2.26. The molecular weight excluding hydrogens is 559 g/mol. The number of methoxy groups -OCH3 is 1. The summed E-state index contributed by atoms with van der Waals surface area (Å²) in [6.45, 7) is -0.0271. The van der Waals surface area contributed by atoms with Crippen molar-refractivity contribution in [3.8, 4) is 11.3 Å². The van der Waals surface area contributed by atoms with E-state index in [2.05, 4.69) is 31.5 Å². The first-order chi connectivity index (χ1) is 17.9. The molecule has 0 bridgehead atoms. The minimum absolute atomic E-state index is 0.0271. The normalized spacial score (nSPS) is 17.1. The summed E-state index contributed by atoms with van der Waals surface area (Å²) in [7, 11) is 1.47. The Bertz CT molecular complexity index is 1430. The van der Waals surface area contributed by atoms with Crippen LogP contribution in [0, 0.1) is 5.82 Å². The smallest absolute Gasteiger partial charge is 0.250 e. The second-order valence-corrected chi connectivity index (χ2v) is 9.59. The Hall–Kier alpha value is -3.60. The number of furan rings is 1. The molecule has 2 atom stereocenters. The summed E-state index contributed by atoms with van der Waals surface area (Å²) < 4.78 is 25.5. The summed E-state index contributed by atoms with van der Waals surface area (Å²) in [5, 5.41) is 6.69. The van der Waals surface area contributed by atoms with Crippen LogP contribution in [0.1, 0.15) is 23.5 Å². The fourth-order valence-electron chi connectivity index (χ4n) is 4.30. The number of hydrogen-bond donors (Lipinski definition) is 2. The summed E-state index contributed by atoms with van der Waals surface area (Å²) in [4.78, 5) is 18.4. The summed E-state index contributed by atoms with van der Waals surface area (Å²) in [5.74, 6) is 0.676. The zero-order valence-corrected chi connectivity index (χ0v) is 22.1. The quantitative estimate of drug-likeness (QED) is 0.259. The van der Waals surface area contributed by atoms with E-state index >= 15 is 0 Å². The van der Waals surface area contributed by atoms with Gasteiger partial charge in [-0.15, -0.1) is 0 Å². The van der Waals surface area contributed by atoms with Gasteiger partial charge in [0.15, 0.2) is 5.11 Å². The molecule has 0 saturated carbocycles. The Labute approximate surface area is 226 Å². The highest BCUT2D eigenvalue weighted by Gasteiger charge is 2.42. The lowest BCUT2D eigenvalue weighted by molar-refractivity contribution is -0.119. The third-order valence-electron chi connectivity index (χ3n) is 5.92. The van der Waals surface area contributed by atoms with Gasteiger partial charge in [-0.05, 0) is 94.9 Å². The first-order valence-corrected chi connectivity index (χ1v) is 12.6. The maximum Gasteiger partial charge on any atom is 0.250 e. The summed E-state index contributed by atoms with van der Waals surface area (Å²) >= 11 is 9.18. The predicted octanol–water partition coefficient (Wildman–Crippen LogP) is 6.01. The van der Waals surface area contributed by atoms with Gasteiger partial charge in [-0.25, -0.2) is 4.39 Å². The van der Waals surface area contributed by atoms with Gasteiger partial charge in [0.1, 0.15) is 30.0 Å². The molecule has 1 amide bonds. The Balaban J connectivity index is 1.52. The average Bonchev–Trinajstić information content (AvgIpc) is 3.50. The Morgan fingerprint density at radius 1 is 1.19 bits per heavy atom. The Morgan fingerprint density at radius 2 is 2.00 bits per heavy atom. The topological polar surface area (TPSA) is 79.6 Å². The highest BCUT2D eigenvalue weighted by atomic mass is 79.9. The molecule has 2 N–H and O–H groups in total. The standard InChI is InChI=1S/C27H22BrFN4O3S/c1-35-15-24(34)31-17-6-8-18(9-7-17)33-26(25(32-27(33)37)21-4-2-3-13-30-21)23-12-11-22(36-23)19-10-5-16(29)14-20(19)28/h2-14,25-26H,15H2,1H3,(H,31,34)(H,32,37)/t25-,26-/m1/s1. The molecule has 37 heavy (non-hydrogen) atoms. The van der Waals surface area contributed by atoms with Crippen LogP contribution < -0.4 is 15.5 Å². The molecule has 5 rings (SSSR count). The Morgan fingerprint density at radius 3 is 2.70 bits per heavy atom. The van der Waals surface area contributed by atoms with Crippen LogP contribution in [0.25, 0.3) is 11.3 Å². The number of aromatic nitrogens is 1. The SMILES string of the molecule is COCC(=O)Nc1ccc(N2C(=S)N[C@H](c3ccccn3)[C@H]2c2ccc(-c3ccc(F)cc3Br)o2)cc1. The molecule has 10 heteroatoms. The largest absolute Gasteiger partial charge is 0.459 e. The van der Waals surface area contributed by atoms with Crippen molar-refractivity contribution in [3.05, 3.63) is 101 Å². The van der Waals surface area contributed by atoms with E-state index in [9.17, 15) is 9.18 Å². The number of hydrogen-bond acceptors (Lipinski definition) is 5. The summed E-state index contributed by atoms with van der Waals surface area (Å²) in [5.41, 5.74) is 3.00. The Kier molecular flexibility index (Phi) is 7.31. The number of benzene rings is 2. The number of halogens is 2. The number of anilines is 2. The molecule has 0 aliphatic carbocycles. The third-order valence-corrected chi connectivity index (χ3v) is 6.89. The van der Waals surface area contributed by atoms with E-state index in [4.69, 9.17) is 21.4 Å². The molecule has 188 valence electrons. The van der Waals surface area contributed by atoms with E-state index in [1.54, 1.807) is 24.4 Å². The van der Waals surface area contributed by atoms with E-state index < -0.39 is 0 Å². The molecule has 2 aromatic heterocycles.